The Hall–Kier alpha value is -3.25. The van der Waals surface area contributed by atoms with Crippen molar-refractivity contribution in [1.82, 2.24) is 5.68 Å². The van der Waals surface area contributed by atoms with Crippen molar-refractivity contribution in [3.63, 3.8) is 0 Å². The summed E-state index contributed by atoms with van der Waals surface area (Å²) in [7, 11) is 0. The van der Waals surface area contributed by atoms with Crippen LogP contribution in [0.4, 0.5) is 0 Å². The fourth-order valence-corrected chi connectivity index (χ4v) is 8.84. The molecule has 4 heteroatoms. The standard InChI is InChI=1S/C37H29N2S.CH3.Sr/c1-5-28-30(7-3)34(17-15-32(28)24-11-9-13-26(19-24)36-21-39-36)35-18-16-33(29(6-2)31(35)8-4)25-12-10-14-27(20-25)37-22-38-23-40-37;;/h5-22,38H,1-4,23H2;1H3;/q-1;;+1. The van der Waals surface area contributed by atoms with E-state index in [-0.39, 0.29) is 0 Å². The van der Waals surface area contributed by atoms with Crippen molar-refractivity contribution < 1.29 is 0 Å². The van der Waals surface area contributed by atoms with Gasteiger partial charge in [0.15, 0.2) is 0 Å². The molecular weight excluding hydrogens is 604 g/mol. The van der Waals surface area contributed by atoms with Crippen molar-refractivity contribution in [3.8, 4) is 33.4 Å². The number of nitrogens with zero attached hydrogens (tertiary/aromatic N) is 1. The zero-order valence-corrected chi connectivity index (χ0v) is 28.3. The summed E-state index contributed by atoms with van der Waals surface area (Å²) in [6.45, 7) is 16.9. The maximum atomic E-state index is 4.23. The van der Waals surface area contributed by atoms with E-state index in [1.54, 1.807) is 0 Å². The first kappa shape index (κ1) is 28.9. The number of nitrogens with one attached hydrogen (secondary N) is 1. The van der Waals surface area contributed by atoms with Crippen molar-refractivity contribution in [2.75, 3.05) is 5.88 Å². The van der Waals surface area contributed by atoms with Crippen LogP contribution in [0.2, 0.25) is 1.89 Å². The van der Waals surface area contributed by atoms with Crippen LogP contribution in [0.1, 0.15) is 33.4 Å². The quantitative estimate of drug-likeness (QED) is 0.175. The molecule has 0 amide bonds. The smallest absolute Gasteiger partial charge is 0.0984 e. The zero-order valence-electron chi connectivity index (χ0n) is 24.0. The summed E-state index contributed by atoms with van der Waals surface area (Å²) in [5, 5.41) is 3.30. The van der Waals surface area contributed by atoms with Gasteiger partial charge in [0.05, 0.1) is 5.88 Å². The monoisotopic (exact) mass is 636 g/mol. The molecule has 2 aliphatic rings. The van der Waals surface area contributed by atoms with Gasteiger partial charge < -0.3 is 5.32 Å². The Morgan fingerprint density at radius 1 is 0.667 bits per heavy atom. The summed E-state index contributed by atoms with van der Waals surface area (Å²) < 4.78 is 4.85. The van der Waals surface area contributed by atoms with E-state index in [0.29, 0.717) is 0 Å². The molecule has 0 bridgehead atoms. The van der Waals surface area contributed by atoms with Crippen LogP contribution >= 0.6 is 11.8 Å². The molecule has 0 aliphatic carbocycles. The molecule has 4 aromatic carbocycles. The van der Waals surface area contributed by atoms with Crippen LogP contribution < -0.4 is 5.32 Å². The van der Waals surface area contributed by atoms with E-state index in [0.717, 1.165) is 55.9 Å². The van der Waals surface area contributed by atoms with Crippen molar-refractivity contribution >= 4 is 88.1 Å². The van der Waals surface area contributed by atoms with Crippen LogP contribution in [0.5, 0.6) is 0 Å². The number of hydrogen-bond donors (Lipinski definition) is 1. The Bertz CT molecular complexity index is 1830. The Morgan fingerprint density at radius 2 is 1.14 bits per heavy atom. The molecule has 2 nitrogen and oxygen atoms in total. The van der Waals surface area contributed by atoms with Gasteiger partial charge in [-0.2, -0.15) is 0 Å². The average molecular weight is 636 g/mol. The first-order valence-electron chi connectivity index (χ1n) is 14.2. The topological polar surface area (TPSA) is 15.0 Å². The summed E-state index contributed by atoms with van der Waals surface area (Å²) in [5.74, 6) is 0.910. The van der Waals surface area contributed by atoms with Crippen LogP contribution in [0.15, 0.2) is 112 Å². The molecule has 0 saturated carbocycles. The summed E-state index contributed by atoms with van der Waals surface area (Å²) in [4.78, 5) is 1.26. The van der Waals surface area contributed by atoms with Gasteiger partial charge in [0.1, 0.15) is 0 Å². The Morgan fingerprint density at radius 3 is 1.62 bits per heavy atom. The van der Waals surface area contributed by atoms with E-state index in [2.05, 4.69) is 119 Å². The van der Waals surface area contributed by atoms with Crippen LogP contribution in [0.25, 0.3) is 68.3 Å². The van der Waals surface area contributed by atoms with Gasteiger partial charge in [-0.15, -0.1) is 11.8 Å². The Labute approximate surface area is 277 Å². The molecule has 0 atom stereocenters. The summed E-state index contributed by atoms with van der Waals surface area (Å²) in [6, 6.07) is 26.4. The molecule has 42 heavy (non-hydrogen) atoms. The van der Waals surface area contributed by atoms with Crippen molar-refractivity contribution in [2.24, 2.45) is 0 Å². The Balaban J connectivity index is 1.46. The van der Waals surface area contributed by atoms with Crippen LogP contribution in [0, 0.1) is 0 Å². The number of thioether (sulfide) groups is 1. The SMILES string of the molecule is C=Cc1c(-c2cccc(C3=CNCS3)c2)ccc(-c2ccc(-c3cccc(C4=C[N]4[Sr][CH3])c3)c(C=C)c2C=C)c1C=C. The van der Waals surface area contributed by atoms with Gasteiger partial charge >= 0.3 is 186 Å². The predicted octanol–water partition coefficient (Wildman–Crippen LogP) is 10.1. The number of benzene rings is 4. The van der Waals surface area contributed by atoms with Crippen LogP contribution in [-0.4, -0.2) is 47.7 Å². The van der Waals surface area contributed by atoms with E-state index in [1.165, 1.54) is 27.3 Å². The molecule has 202 valence electrons. The van der Waals surface area contributed by atoms with E-state index in [9.17, 15) is 0 Å². The summed E-state index contributed by atoms with van der Waals surface area (Å²) >= 11 is 0.997. The minimum atomic E-state index is -0.827. The fraction of sp³-hybridized carbons (Fsp3) is 0.0526. The molecule has 0 saturated heterocycles. The molecular formula is C38H32N2SSr. The maximum absolute atomic E-state index is 4.23. The fourth-order valence-electron chi connectivity index (χ4n) is 5.89. The normalized spacial score (nSPS) is 13.4. The molecule has 6 rings (SSSR count). The van der Waals surface area contributed by atoms with Gasteiger partial charge in [0.25, 0.3) is 0 Å². The molecule has 1 N–H and O–H groups in total. The first-order valence-corrected chi connectivity index (χ1v) is 20.2. The second-order valence-electron chi connectivity index (χ2n) is 10.3. The second kappa shape index (κ2) is 12.5. The number of hydrogen-bond acceptors (Lipinski definition) is 3. The van der Waals surface area contributed by atoms with Gasteiger partial charge in [0.2, 0.25) is 0 Å². The van der Waals surface area contributed by atoms with Crippen molar-refractivity contribution in [1.29, 1.82) is 0 Å². The molecule has 2 heterocycles. The van der Waals surface area contributed by atoms with E-state index in [4.69, 9.17) is 0 Å². The van der Waals surface area contributed by atoms with E-state index < -0.39 is 41.4 Å². The van der Waals surface area contributed by atoms with Gasteiger partial charge in [-0.1, -0.05) is 37.4 Å². The zero-order chi connectivity index (χ0) is 29.2. The van der Waals surface area contributed by atoms with E-state index >= 15 is 0 Å². The predicted molar refractivity (Wildman–Crippen MR) is 188 cm³/mol. The Kier molecular flexibility index (Phi) is 8.62. The minimum Gasteiger partial charge on any atom is -0.0984 e. The average Bonchev–Trinajstić information content (AvgIpc) is 3.64. The second-order valence-corrected chi connectivity index (χ2v) is 14.5. The number of rotatable bonds is 10. The van der Waals surface area contributed by atoms with Crippen molar-refractivity contribution in [2.45, 2.75) is 1.89 Å². The molecule has 4 aromatic rings. The third-order valence-corrected chi connectivity index (χ3v) is 11.9. The summed E-state index contributed by atoms with van der Waals surface area (Å²) in [6.07, 6.45) is 12.2. The van der Waals surface area contributed by atoms with Gasteiger partial charge in [-0.05, 0) is 22.8 Å². The molecule has 0 unspecified atom stereocenters. The van der Waals surface area contributed by atoms with Crippen LogP contribution in [0.3, 0.4) is 0 Å². The van der Waals surface area contributed by atoms with Gasteiger partial charge in [0, 0.05) is 11.1 Å². The molecule has 0 radical (unpaired) electrons. The first-order chi connectivity index (χ1) is 20.6. The molecule has 0 aromatic heterocycles. The summed E-state index contributed by atoms with van der Waals surface area (Å²) in [5.41, 5.74) is 15.0. The van der Waals surface area contributed by atoms with Gasteiger partial charge in [-0.25, -0.2) is 0 Å². The third-order valence-electron chi connectivity index (χ3n) is 8.01. The third kappa shape index (κ3) is 5.34. The molecule has 0 spiro atoms. The molecule has 0 fully saturated rings. The van der Waals surface area contributed by atoms with Crippen molar-refractivity contribution in [3.05, 3.63) is 145 Å². The minimum absolute atomic E-state index is 0.827. The van der Waals surface area contributed by atoms with Gasteiger partial charge in [-0.3, -0.25) is 0 Å². The molecule has 2 aliphatic heterocycles. The van der Waals surface area contributed by atoms with Crippen LogP contribution in [-0.2, 0) is 0 Å². The van der Waals surface area contributed by atoms with E-state index in [1.807, 2.05) is 36.1 Å².